The normalized spacial score (nSPS) is 11.8. The van der Waals surface area contributed by atoms with Crippen LogP contribution in [-0.2, 0) is 11.4 Å². The van der Waals surface area contributed by atoms with Crippen molar-refractivity contribution in [2.45, 2.75) is 26.6 Å². The fourth-order valence-electron chi connectivity index (χ4n) is 3.21. The molecule has 0 spiro atoms. The van der Waals surface area contributed by atoms with E-state index in [0.29, 0.717) is 41.8 Å². The molecule has 6 nitrogen and oxygen atoms in total. The van der Waals surface area contributed by atoms with E-state index in [-0.39, 0.29) is 0 Å². The summed E-state index contributed by atoms with van der Waals surface area (Å²) in [4.78, 5) is 11.2. The van der Waals surface area contributed by atoms with Gasteiger partial charge in [0.15, 0.2) is 0 Å². The molecule has 3 rings (SSSR count). The van der Waals surface area contributed by atoms with Crippen LogP contribution in [0.25, 0.3) is 6.08 Å². The third kappa shape index (κ3) is 6.85. The molecule has 0 heterocycles. The van der Waals surface area contributed by atoms with Crippen LogP contribution in [0.15, 0.2) is 72.8 Å². The maximum atomic E-state index is 11.2. The average molecular weight is 449 g/mol. The quantitative estimate of drug-likeness (QED) is 0.333. The van der Waals surface area contributed by atoms with Crippen LogP contribution >= 0.6 is 0 Å². The lowest BCUT2D eigenvalue weighted by atomic mass is 10.1. The average Bonchev–Trinajstić information content (AvgIpc) is 2.82. The minimum atomic E-state index is -0.927. The summed E-state index contributed by atoms with van der Waals surface area (Å²) < 4.78 is 22.1. The summed E-state index contributed by atoms with van der Waals surface area (Å²) in [6, 6.07) is 20.2. The van der Waals surface area contributed by atoms with Crippen molar-refractivity contribution in [2.24, 2.45) is 0 Å². The summed E-state index contributed by atoms with van der Waals surface area (Å²) >= 11 is 0. The van der Waals surface area contributed by atoms with Gasteiger partial charge in [-0.25, -0.2) is 0 Å². The Morgan fingerprint density at radius 3 is 2.39 bits per heavy atom. The van der Waals surface area contributed by atoms with Gasteiger partial charge < -0.3 is 24.1 Å². The van der Waals surface area contributed by atoms with Crippen LogP contribution < -0.4 is 18.9 Å². The Kier molecular flexibility index (Phi) is 8.49. The van der Waals surface area contributed by atoms with Crippen LogP contribution in [0.5, 0.6) is 23.0 Å². The molecule has 0 bridgehead atoms. The topological polar surface area (TPSA) is 74.2 Å². The van der Waals surface area contributed by atoms with Crippen molar-refractivity contribution in [3.63, 3.8) is 0 Å². The zero-order chi connectivity index (χ0) is 23.6. The van der Waals surface area contributed by atoms with E-state index < -0.39 is 12.1 Å². The second kappa shape index (κ2) is 11.7. The molecular weight excluding hydrogens is 420 g/mol. The fourth-order valence-corrected chi connectivity index (χ4v) is 3.21. The Hall–Kier alpha value is -3.77. The number of hydrogen-bond acceptors (Lipinski definition) is 6. The molecule has 0 aliphatic carbocycles. The lowest BCUT2D eigenvalue weighted by Crippen LogP contribution is -2.03. The molecule has 1 unspecified atom stereocenters. The predicted octanol–water partition coefficient (Wildman–Crippen LogP) is 5.35. The van der Waals surface area contributed by atoms with Gasteiger partial charge in [-0.2, -0.15) is 0 Å². The van der Waals surface area contributed by atoms with E-state index >= 15 is 0 Å². The first-order valence-corrected chi connectivity index (χ1v) is 10.7. The Morgan fingerprint density at radius 1 is 0.970 bits per heavy atom. The van der Waals surface area contributed by atoms with E-state index in [1.54, 1.807) is 55.7 Å². The molecule has 0 aromatic heterocycles. The van der Waals surface area contributed by atoms with Crippen molar-refractivity contribution in [1.82, 2.24) is 0 Å². The van der Waals surface area contributed by atoms with Gasteiger partial charge in [-0.05, 0) is 36.8 Å². The smallest absolute Gasteiger partial charge is 0.308 e. The number of aliphatic hydroxyl groups is 1. The highest BCUT2D eigenvalue weighted by Gasteiger charge is 2.14. The SMILES string of the molecule is CCOc1cc(OC(C)=O)ccc1C=CC(O)c1ccc(OC)cc1OCc1ccccc1. The molecule has 1 N–H and O–H groups in total. The van der Waals surface area contributed by atoms with Crippen LogP contribution in [0, 0.1) is 0 Å². The molecule has 6 heteroatoms. The van der Waals surface area contributed by atoms with Crippen LogP contribution in [-0.4, -0.2) is 24.8 Å². The number of aliphatic hydroxyl groups excluding tert-OH is 1. The number of esters is 1. The monoisotopic (exact) mass is 448 g/mol. The summed E-state index contributed by atoms with van der Waals surface area (Å²) in [5.74, 6) is 1.72. The summed E-state index contributed by atoms with van der Waals surface area (Å²) in [6.07, 6.45) is 2.49. The van der Waals surface area contributed by atoms with Gasteiger partial charge in [0.25, 0.3) is 0 Å². The molecule has 1 atom stereocenters. The van der Waals surface area contributed by atoms with Gasteiger partial charge in [-0.3, -0.25) is 4.79 Å². The number of benzene rings is 3. The summed E-state index contributed by atoms with van der Waals surface area (Å²) in [5.41, 5.74) is 2.37. The minimum Gasteiger partial charge on any atom is -0.497 e. The number of hydrogen-bond donors (Lipinski definition) is 1. The molecule has 0 saturated carbocycles. The zero-order valence-electron chi connectivity index (χ0n) is 19.0. The molecule has 0 aliphatic rings. The Balaban J connectivity index is 1.82. The van der Waals surface area contributed by atoms with Gasteiger partial charge in [-0.1, -0.05) is 42.5 Å². The first-order chi connectivity index (χ1) is 16.0. The van der Waals surface area contributed by atoms with E-state index in [0.717, 1.165) is 11.1 Å². The van der Waals surface area contributed by atoms with Crippen molar-refractivity contribution >= 4 is 12.0 Å². The predicted molar refractivity (Wildman–Crippen MR) is 127 cm³/mol. The van der Waals surface area contributed by atoms with Gasteiger partial charge in [-0.15, -0.1) is 0 Å². The lowest BCUT2D eigenvalue weighted by Gasteiger charge is -2.16. The van der Waals surface area contributed by atoms with Gasteiger partial charge in [0.1, 0.15) is 35.7 Å². The molecule has 3 aromatic rings. The molecular formula is C27H28O6. The van der Waals surface area contributed by atoms with Gasteiger partial charge in [0, 0.05) is 30.2 Å². The molecule has 33 heavy (non-hydrogen) atoms. The standard InChI is InChI=1S/C27H28O6/c1-4-31-26-17-23(33-19(2)28)12-10-21(26)11-15-25(29)24-14-13-22(30-3)16-27(24)32-18-20-8-6-5-7-9-20/h5-17,25,29H,4,18H2,1-3H3. The highest BCUT2D eigenvalue weighted by Crippen LogP contribution is 2.32. The Labute approximate surface area is 194 Å². The minimum absolute atomic E-state index is 0.365. The highest BCUT2D eigenvalue weighted by atomic mass is 16.5. The maximum Gasteiger partial charge on any atom is 0.308 e. The number of methoxy groups -OCH3 is 1. The molecule has 0 saturated heterocycles. The van der Waals surface area contributed by atoms with Crippen molar-refractivity contribution in [3.05, 3.63) is 89.5 Å². The fraction of sp³-hybridized carbons (Fsp3) is 0.222. The van der Waals surface area contributed by atoms with Gasteiger partial charge >= 0.3 is 5.97 Å². The summed E-state index contributed by atoms with van der Waals surface area (Å²) in [6.45, 7) is 4.03. The summed E-state index contributed by atoms with van der Waals surface area (Å²) in [5, 5.41) is 10.9. The second-order valence-electron chi connectivity index (χ2n) is 7.21. The van der Waals surface area contributed by atoms with E-state index in [4.69, 9.17) is 18.9 Å². The van der Waals surface area contributed by atoms with E-state index in [1.807, 2.05) is 37.3 Å². The molecule has 0 radical (unpaired) electrons. The molecule has 0 fully saturated rings. The molecule has 172 valence electrons. The second-order valence-corrected chi connectivity index (χ2v) is 7.21. The number of carbonyl (C=O) groups excluding carboxylic acids is 1. The van der Waals surface area contributed by atoms with Crippen LogP contribution in [0.4, 0.5) is 0 Å². The molecule has 0 aliphatic heterocycles. The van der Waals surface area contributed by atoms with Crippen LogP contribution in [0.1, 0.15) is 36.6 Å². The number of ether oxygens (including phenoxy) is 4. The molecule has 0 amide bonds. The van der Waals surface area contributed by atoms with Crippen LogP contribution in [0.3, 0.4) is 0 Å². The Bertz CT molecular complexity index is 1090. The van der Waals surface area contributed by atoms with Gasteiger partial charge in [0.2, 0.25) is 0 Å². The highest BCUT2D eigenvalue weighted by molar-refractivity contribution is 5.70. The van der Waals surface area contributed by atoms with Crippen LogP contribution in [0.2, 0.25) is 0 Å². The van der Waals surface area contributed by atoms with Gasteiger partial charge in [0.05, 0.1) is 13.7 Å². The third-order valence-electron chi connectivity index (χ3n) is 4.78. The maximum absolute atomic E-state index is 11.2. The van der Waals surface area contributed by atoms with Crippen molar-refractivity contribution in [1.29, 1.82) is 0 Å². The van der Waals surface area contributed by atoms with Crippen molar-refractivity contribution < 1.29 is 28.8 Å². The van der Waals surface area contributed by atoms with E-state index in [2.05, 4.69) is 0 Å². The first kappa shape index (κ1) is 23.9. The largest absolute Gasteiger partial charge is 0.497 e. The first-order valence-electron chi connectivity index (χ1n) is 10.7. The van der Waals surface area contributed by atoms with Crippen molar-refractivity contribution in [2.75, 3.05) is 13.7 Å². The number of rotatable bonds is 10. The van der Waals surface area contributed by atoms with Crippen molar-refractivity contribution in [3.8, 4) is 23.0 Å². The lowest BCUT2D eigenvalue weighted by molar-refractivity contribution is -0.131. The molecule has 3 aromatic carbocycles. The zero-order valence-corrected chi connectivity index (χ0v) is 19.0. The number of carbonyl (C=O) groups is 1. The Morgan fingerprint density at radius 2 is 1.70 bits per heavy atom. The summed E-state index contributed by atoms with van der Waals surface area (Å²) in [7, 11) is 1.58. The third-order valence-corrected chi connectivity index (χ3v) is 4.78. The van der Waals surface area contributed by atoms with E-state index in [1.165, 1.54) is 6.92 Å². The van der Waals surface area contributed by atoms with E-state index in [9.17, 15) is 9.90 Å².